The number of morpholine rings is 1. The molecule has 0 amide bonds. The predicted molar refractivity (Wildman–Crippen MR) is 56.0 cm³/mol. The van der Waals surface area contributed by atoms with Crippen LogP contribution < -0.4 is 0 Å². The van der Waals surface area contributed by atoms with E-state index in [0.29, 0.717) is 13.1 Å². The van der Waals surface area contributed by atoms with Crippen molar-refractivity contribution < 1.29 is 13.2 Å². The van der Waals surface area contributed by atoms with Crippen molar-refractivity contribution in [2.75, 3.05) is 13.1 Å². The zero-order valence-electron chi connectivity index (χ0n) is 8.69. The van der Waals surface area contributed by atoms with Crippen molar-refractivity contribution in [3.05, 3.63) is 18.7 Å². The minimum atomic E-state index is -3.44. The molecule has 2 atom stereocenters. The molecule has 7 heteroatoms. The van der Waals surface area contributed by atoms with E-state index in [2.05, 4.69) is 4.98 Å². The van der Waals surface area contributed by atoms with E-state index in [1.165, 1.54) is 23.0 Å². The normalized spacial score (nSPS) is 30.8. The Morgan fingerprint density at radius 2 is 1.94 bits per heavy atom. The second kappa shape index (κ2) is 3.54. The van der Waals surface area contributed by atoms with E-state index in [1.807, 2.05) is 0 Å². The number of aromatic nitrogens is 2. The number of rotatable bonds is 2. The smallest absolute Gasteiger partial charge is 0.308 e. The minimum Gasteiger partial charge on any atom is -0.372 e. The van der Waals surface area contributed by atoms with Crippen LogP contribution in [0.1, 0.15) is 12.8 Å². The van der Waals surface area contributed by atoms with Crippen molar-refractivity contribution in [3.63, 3.8) is 0 Å². The third-order valence-corrected chi connectivity index (χ3v) is 4.78. The first-order chi connectivity index (χ1) is 7.66. The molecular weight excluding hydrogens is 230 g/mol. The first-order valence-electron chi connectivity index (χ1n) is 5.30. The molecule has 0 aliphatic carbocycles. The molecule has 1 aromatic rings. The highest BCUT2D eigenvalue weighted by Gasteiger charge is 2.39. The largest absolute Gasteiger partial charge is 0.372 e. The molecule has 2 bridgehead atoms. The summed E-state index contributed by atoms with van der Waals surface area (Å²) in [4.78, 5) is 3.76. The minimum absolute atomic E-state index is 0.0667. The van der Waals surface area contributed by atoms with Crippen LogP contribution in [0.15, 0.2) is 18.7 Å². The molecular formula is C9H13N3O3S. The zero-order valence-corrected chi connectivity index (χ0v) is 9.51. The average molecular weight is 243 g/mol. The molecule has 6 nitrogen and oxygen atoms in total. The van der Waals surface area contributed by atoms with Gasteiger partial charge in [0, 0.05) is 25.5 Å². The first-order valence-corrected chi connectivity index (χ1v) is 6.70. The van der Waals surface area contributed by atoms with E-state index in [4.69, 9.17) is 4.74 Å². The van der Waals surface area contributed by atoms with Gasteiger partial charge in [0.2, 0.25) is 0 Å². The number of fused-ring (bicyclic) bond motifs is 2. The van der Waals surface area contributed by atoms with Gasteiger partial charge in [-0.25, -0.2) is 8.96 Å². The summed E-state index contributed by atoms with van der Waals surface area (Å²) in [6.07, 6.45) is 6.28. The van der Waals surface area contributed by atoms with Crippen molar-refractivity contribution in [2.24, 2.45) is 0 Å². The van der Waals surface area contributed by atoms with Gasteiger partial charge in [0.25, 0.3) is 0 Å². The standard InChI is InChI=1S/C9H13N3O3S/c13-16(14,11-4-3-10-7-11)12-5-8-1-2-9(6-12)15-8/h3-4,7-9H,1-2,5-6H2. The summed E-state index contributed by atoms with van der Waals surface area (Å²) in [5.41, 5.74) is 0. The molecule has 88 valence electrons. The van der Waals surface area contributed by atoms with Crippen molar-refractivity contribution >= 4 is 10.2 Å². The molecule has 2 saturated heterocycles. The van der Waals surface area contributed by atoms with Crippen molar-refractivity contribution in [3.8, 4) is 0 Å². The summed E-state index contributed by atoms with van der Waals surface area (Å²) in [6, 6.07) is 0. The third-order valence-electron chi connectivity index (χ3n) is 3.08. The van der Waals surface area contributed by atoms with Gasteiger partial charge < -0.3 is 4.74 Å². The molecule has 2 aliphatic heterocycles. The van der Waals surface area contributed by atoms with Crippen LogP contribution >= 0.6 is 0 Å². The predicted octanol–water partition coefficient (Wildman–Crippen LogP) is -0.161. The molecule has 16 heavy (non-hydrogen) atoms. The van der Waals surface area contributed by atoms with Gasteiger partial charge in [0.05, 0.1) is 12.2 Å². The van der Waals surface area contributed by atoms with Crippen molar-refractivity contribution in [1.82, 2.24) is 13.3 Å². The lowest BCUT2D eigenvalue weighted by Gasteiger charge is -2.30. The summed E-state index contributed by atoms with van der Waals surface area (Å²) in [7, 11) is -3.44. The molecule has 0 N–H and O–H groups in total. The number of ether oxygens (including phenoxy) is 1. The second-order valence-electron chi connectivity index (χ2n) is 4.17. The second-order valence-corrected chi connectivity index (χ2v) is 6.01. The van der Waals surface area contributed by atoms with Crippen LogP contribution in [0.25, 0.3) is 0 Å². The maximum atomic E-state index is 12.2. The van der Waals surface area contributed by atoms with Crippen molar-refractivity contribution in [2.45, 2.75) is 25.0 Å². The van der Waals surface area contributed by atoms with Crippen LogP contribution in [0, 0.1) is 0 Å². The fraction of sp³-hybridized carbons (Fsp3) is 0.667. The van der Waals surface area contributed by atoms with Gasteiger partial charge >= 0.3 is 10.2 Å². The summed E-state index contributed by atoms with van der Waals surface area (Å²) < 4.78 is 32.6. The molecule has 0 saturated carbocycles. The molecule has 2 unspecified atom stereocenters. The van der Waals surface area contributed by atoms with Gasteiger partial charge in [-0.3, -0.25) is 0 Å². The summed E-state index contributed by atoms with van der Waals surface area (Å²) in [5.74, 6) is 0. The van der Waals surface area contributed by atoms with Crippen LogP contribution in [0.4, 0.5) is 0 Å². The lowest BCUT2D eigenvalue weighted by Crippen LogP contribution is -2.47. The Hall–Kier alpha value is -0.920. The Morgan fingerprint density at radius 3 is 2.50 bits per heavy atom. The number of hydrogen-bond acceptors (Lipinski definition) is 4. The number of hydrogen-bond donors (Lipinski definition) is 0. The van der Waals surface area contributed by atoms with Crippen LogP contribution in [-0.2, 0) is 14.9 Å². The molecule has 2 fully saturated rings. The fourth-order valence-electron chi connectivity index (χ4n) is 2.28. The summed E-state index contributed by atoms with van der Waals surface area (Å²) >= 11 is 0. The summed E-state index contributed by atoms with van der Waals surface area (Å²) in [6.45, 7) is 0.911. The molecule has 3 heterocycles. The van der Waals surface area contributed by atoms with Crippen LogP contribution in [0.5, 0.6) is 0 Å². The number of nitrogens with zero attached hydrogens (tertiary/aromatic N) is 3. The van der Waals surface area contributed by atoms with Gasteiger partial charge in [-0.15, -0.1) is 0 Å². The SMILES string of the molecule is O=S(=O)(N1CC2CCC(C1)O2)n1ccnc1. The molecule has 2 aliphatic rings. The Labute approximate surface area is 94.0 Å². The first kappa shape index (κ1) is 10.2. The zero-order chi connectivity index (χ0) is 11.2. The van der Waals surface area contributed by atoms with Gasteiger partial charge in [-0.2, -0.15) is 12.7 Å². The average Bonchev–Trinajstić information content (AvgIpc) is 2.88. The van der Waals surface area contributed by atoms with Crippen molar-refractivity contribution in [1.29, 1.82) is 0 Å². The highest BCUT2D eigenvalue weighted by molar-refractivity contribution is 7.87. The Bertz CT molecular complexity index is 458. The lowest BCUT2D eigenvalue weighted by molar-refractivity contribution is -0.0117. The molecule has 3 rings (SSSR count). The fourth-order valence-corrected chi connectivity index (χ4v) is 3.64. The Balaban J connectivity index is 1.88. The van der Waals surface area contributed by atoms with E-state index in [-0.39, 0.29) is 12.2 Å². The van der Waals surface area contributed by atoms with Gasteiger partial charge in [-0.05, 0) is 12.8 Å². The lowest BCUT2D eigenvalue weighted by atomic mass is 10.2. The highest BCUT2D eigenvalue weighted by atomic mass is 32.2. The van der Waals surface area contributed by atoms with E-state index in [0.717, 1.165) is 16.8 Å². The number of imidazole rings is 1. The monoisotopic (exact) mass is 243 g/mol. The van der Waals surface area contributed by atoms with E-state index in [1.54, 1.807) is 0 Å². The van der Waals surface area contributed by atoms with Crippen LogP contribution in [0.2, 0.25) is 0 Å². The molecule has 0 aromatic carbocycles. The van der Waals surface area contributed by atoms with E-state index in [9.17, 15) is 8.42 Å². The maximum absolute atomic E-state index is 12.2. The van der Waals surface area contributed by atoms with Crippen LogP contribution in [-0.4, -0.2) is 47.0 Å². The van der Waals surface area contributed by atoms with Gasteiger partial charge in [-0.1, -0.05) is 0 Å². The van der Waals surface area contributed by atoms with Gasteiger partial charge in [0.1, 0.15) is 6.33 Å². The molecule has 1 aromatic heterocycles. The topological polar surface area (TPSA) is 64.4 Å². The molecule has 0 spiro atoms. The third kappa shape index (κ3) is 1.55. The summed E-state index contributed by atoms with van der Waals surface area (Å²) in [5, 5.41) is 0. The Kier molecular flexibility index (Phi) is 2.27. The Morgan fingerprint density at radius 1 is 1.25 bits per heavy atom. The van der Waals surface area contributed by atoms with Gasteiger partial charge in [0.15, 0.2) is 0 Å². The van der Waals surface area contributed by atoms with E-state index < -0.39 is 10.2 Å². The van der Waals surface area contributed by atoms with E-state index >= 15 is 0 Å². The molecule has 0 radical (unpaired) electrons. The maximum Gasteiger partial charge on any atom is 0.308 e. The van der Waals surface area contributed by atoms with Crippen LogP contribution in [0.3, 0.4) is 0 Å². The highest BCUT2D eigenvalue weighted by Crippen LogP contribution is 2.28. The quantitative estimate of drug-likeness (QED) is 0.724.